The lowest BCUT2D eigenvalue weighted by molar-refractivity contribution is 0.131. The number of likely N-dealkylation sites (tertiary alicyclic amines) is 1. The van der Waals surface area contributed by atoms with E-state index >= 15 is 0 Å². The van der Waals surface area contributed by atoms with Gasteiger partial charge in [0.2, 0.25) is 5.28 Å². The van der Waals surface area contributed by atoms with Crippen LogP contribution in [0.4, 0.5) is 4.79 Å². The number of halogens is 2. The van der Waals surface area contributed by atoms with Crippen molar-refractivity contribution in [1.82, 2.24) is 14.9 Å². The van der Waals surface area contributed by atoms with Gasteiger partial charge in [-0.25, -0.2) is 14.8 Å². The topological polar surface area (TPSA) is 66.3 Å². The Balaban J connectivity index is 2.07. The molecule has 0 aliphatic carbocycles. The number of rotatable bonds is 1. The average Bonchev–Trinajstić information content (AvgIpc) is 2.28. The molecule has 0 bridgehead atoms. The summed E-state index contributed by atoms with van der Waals surface area (Å²) in [6.45, 7) is 1.03. The molecular weight excluding hydrogens is 265 g/mol. The highest BCUT2D eigenvalue weighted by atomic mass is 35.5. The van der Waals surface area contributed by atoms with Crippen LogP contribution in [-0.2, 0) is 0 Å². The maximum absolute atomic E-state index is 10.8. The summed E-state index contributed by atoms with van der Waals surface area (Å²) in [6, 6.07) is 1.69. The summed E-state index contributed by atoms with van der Waals surface area (Å²) in [5.74, 6) is 0.198. The Bertz CT molecular complexity index is 413. The van der Waals surface area contributed by atoms with Crippen molar-refractivity contribution in [1.29, 1.82) is 0 Å². The van der Waals surface area contributed by atoms with Gasteiger partial charge in [0.25, 0.3) is 0 Å². The van der Waals surface area contributed by atoms with E-state index < -0.39 is 6.09 Å². The average molecular weight is 276 g/mol. The van der Waals surface area contributed by atoms with Crippen molar-refractivity contribution < 1.29 is 9.90 Å². The Kier molecular flexibility index (Phi) is 3.69. The van der Waals surface area contributed by atoms with Gasteiger partial charge in [-0.05, 0) is 30.5 Å². The largest absolute Gasteiger partial charge is 0.465 e. The molecule has 92 valence electrons. The van der Waals surface area contributed by atoms with Gasteiger partial charge in [0, 0.05) is 19.0 Å². The summed E-state index contributed by atoms with van der Waals surface area (Å²) in [7, 11) is 0. The monoisotopic (exact) mass is 275 g/mol. The van der Waals surface area contributed by atoms with Crippen LogP contribution in [0.5, 0.6) is 0 Å². The SMILES string of the molecule is O=C(O)N1CCC(c2cc(Cl)nc(Cl)n2)CC1. The predicted octanol–water partition coefficient (Wildman–Crippen LogP) is 2.64. The van der Waals surface area contributed by atoms with Crippen LogP contribution in [0.2, 0.25) is 10.4 Å². The fourth-order valence-corrected chi connectivity index (χ4v) is 2.41. The van der Waals surface area contributed by atoms with Crippen molar-refractivity contribution in [2.45, 2.75) is 18.8 Å². The highest BCUT2D eigenvalue weighted by Crippen LogP contribution is 2.28. The minimum Gasteiger partial charge on any atom is -0.465 e. The highest BCUT2D eigenvalue weighted by molar-refractivity contribution is 6.31. The second kappa shape index (κ2) is 5.06. The van der Waals surface area contributed by atoms with Gasteiger partial charge in [-0.15, -0.1) is 0 Å². The third kappa shape index (κ3) is 2.98. The molecule has 1 amide bonds. The molecule has 0 atom stereocenters. The van der Waals surface area contributed by atoms with E-state index in [2.05, 4.69) is 9.97 Å². The van der Waals surface area contributed by atoms with Gasteiger partial charge in [-0.2, -0.15) is 0 Å². The number of hydrogen-bond acceptors (Lipinski definition) is 3. The number of amides is 1. The lowest BCUT2D eigenvalue weighted by Gasteiger charge is -2.29. The van der Waals surface area contributed by atoms with Crippen LogP contribution < -0.4 is 0 Å². The van der Waals surface area contributed by atoms with Gasteiger partial charge in [-0.1, -0.05) is 11.6 Å². The smallest absolute Gasteiger partial charge is 0.407 e. The van der Waals surface area contributed by atoms with Crippen LogP contribution in [0.3, 0.4) is 0 Å². The molecule has 7 heteroatoms. The van der Waals surface area contributed by atoms with Crippen LogP contribution in [-0.4, -0.2) is 39.2 Å². The molecule has 0 aromatic carbocycles. The van der Waals surface area contributed by atoms with Crippen molar-refractivity contribution in [3.8, 4) is 0 Å². The first-order valence-corrected chi connectivity index (χ1v) is 5.99. The van der Waals surface area contributed by atoms with Crippen molar-refractivity contribution in [3.05, 3.63) is 22.2 Å². The normalized spacial score (nSPS) is 17.2. The number of hydrogen-bond donors (Lipinski definition) is 1. The van der Waals surface area contributed by atoms with E-state index in [1.807, 2.05) is 0 Å². The van der Waals surface area contributed by atoms with Crippen LogP contribution in [0.25, 0.3) is 0 Å². The molecule has 1 fully saturated rings. The summed E-state index contributed by atoms with van der Waals surface area (Å²) in [4.78, 5) is 20.1. The minimum atomic E-state index is -0.873. The van der Waals surface area contributed by atoms with Crippen LogP contribution in [0.15, 0.2) is 6.07 Å². The van der Waals surface area contributed by atoms with Crippen molar-refractivity contribution in [2.75, 3.05) is 13.1 Å². The van der Waals surface area contributed by atoms with Gasteiger partial charge in [0.1, 0.15) is 5.15 Å². The zero-order chi connectivity index (χ0) is 12.4. The fourth-order valence-electron chi connectivity index (χ4n) is 1.98. The molecule has 5 nitrogen and oxygen atoms in total. The number of aromatic nitrogens is 2. The van der Waals surface area contributed by atoms with E-state index in [0.29, 0.717) is 18.2 Å². The standard InChI is InChI=1S/C10H11Cl2N3O2/c11-8-5-7(13-9(12)14-8)6-1-3-15(4-2-6)10(16)17/h5-6H,1-4H2,(H,16,17). The first kappa shape index (κ1) is 12.4. The predicted molar refractivity (Wildman–Crippen MR) is 63.6 cm³/mol. The summed E-state index contributed by atoms with van der Waals surface area (Å²) >= 11 is 11.5. The maximum Gasteiger partial charge on any atom is 0.407 e. The van der Waals surface area contributed by atoms with Crippen molar-refractivity contribution in [2.24, 2.45) is 0 Å². The van der Waals surface area contributed by atoms with E-state index in [1.54, 1.807) is 6.07 Å². The lowest BCUT2D eigenvalue weighted by atomic mass is 9.93. The van der Waals surface area contributed by atoms with Gasteiger partial charge < -0.3 is 10.0 Å². The van der Waals surface area contributed by atoms with E-state index in [9.17, 15) is 4.79 Å². The Morgan fingerprint density at radius 1 is 1.35 bits per heavy atom. The zero-order valence-electron chi connectivity index (χ0n) is 8.94. The van der Waals surface area contributed by atoms with Crippen LogP contribution >= 0.6 is 23.2 Å². The van der Waals surface area contributed by atoms with Gasteiger partial charge in [-0.3, -0.25) is 0 Å². The number of piperidine rings is 1. The van der Waals surface area contributed by atoms with E-state index in [-0.39, 0.29) is 11.2 Å². The molecular formula is C10H11Cl2N3O2. The molecule has 1 aromatic rings. The van der Waals surface area contributed by atoms with Gasteiger partial charge >= 0.3 is 6.09 Å². The molecule has 0 spiro atoms. The van der Waals surface area contributed by atoms with Gasteiger partial charge in [0.15, 0.2) is 0 Å². The second-order valence-corrected chi connectivity index (χ2v) is 4.65. The molecule has 1 N–H and O–H groups in total. The Morgan fingerprint density at radius 3 is 2.53 bits per heavy atom. The number of nitrogens with zero attached hydrogens (tertiary/aromatic N) is 3. The molecule has 1 aliphatic rings. The number of carboxylic acid groups (broad SMARTS) is 1. The molecule has 0 saturated carbocycles. The molecule has 0 unspecified atom stereocenters. The van der Waals surface area contributed by atoms with E-state index in [1.165, 1.54) is 4.90 Å². The summed E-state index contributed by atoms with van der Waals surface area (Å²) < 4.78 is 0. The molecule has 2 rings (SSSR count). The first-order chi connectivity index (χ1) is 8.06. The first-order valence-electron chi connectivity index (χ1n) is 5.24. The Morgan fingerprint density at radius 2 is 2.00 bits per heavy atom. The van der Waals surface area contributed by atoms with E-state index in [0.717, 1.165) is 18.5 Å². The summed E-state index contributed by atoms with van der Waals surface area (Å²) in [5, 5.41) is 9.29. The zero-order valence-corrected chi connectivity index (χ0v) is 10.4. The third-order valence-corrected chi connectivity index (χ3v) is 3.23. The van der Waals surface area contributed by atoms with Crippen LogP contribution in [0, 0.1) is 0 Å². The van der Waals surface area contributed by atoms with Gasteiger partial charge in [0.05, 0.1) is 5.69 Å². The quantitative estimate of drug-likeness (QED) is 0.632. The van der Waals surface area contributed by atoms with E-state index in [4.69, 9.17) is 28.3 Å². The minimum absolute atomic E-state index is 0.133. The molecule has 1 aromatic heterocycles. The highest BCUT2D eigenvalue weighted by Gasteiger charge is 2.24. The Labute approximate surface area is 108 Å². The van der Waals surface area contributed by atoms with Crippen LogP contribution in [0.1, 0.15) is 24.5 Å². The summed E-state index contributed by atoms with van der Waals surface area (Å²) in [6.07, 6.45) is 0.591. The lowest BCUT2D eigenvalue weighted by Crippen LogP contribution is -2.37. The van der Waals surface area contributed by atoms with Crippen molar-refractivity contribution >= 4 is 29.3 Å². The molecule has 17 heavy (non-hydrogen) atoms. The molecule has 1 aliphatic heterocycles. The third-order valence-electron chi connectivity index (χ3n) is 2.87. The molecule has 2 heterocycles. The number of carbonyl (C=O) groups is 1. The fraction of sp³-hybridized carbons (Fsp3) is 0.500. The maximum atomic E-state index is 10.8. The molecule has 0 radical (unpaired) electrons. The molecule has 1 saturated heterocycles. The summed E-state index contributed by atoms with van der Waals surface area (Å²) in [5.41, 5.74) is 0.792. The van der Waals surface area contributed by atoms with Crippen molar-refractivity contribution in [3.63, 3.8) is 0 Å². The Hall–Kier alpha value is -1.07. The second-order valence-electron chi connectivity index (χ2n) is 3.93.